The highest BCUT2D eigenvalue weighted by atomic mass is 35.5. The second-order valence-corrected chi connectivity index (χ2v) is 12.8. The summed E-state index contributed by atoms with van der Waals surface area (Å²) in [6.45, 7) is 7.09. The van der Waals surface area contributed by atoms with Crippen LogP contribution in [-0.4, -0.2) is 49.0 Å². The molecule has 1 atom stereocenters. The van der Waals surface area contributed by atoms with Gasteiger partial charge in [0.15, 0.2) is 0 Å². The number of hydrogen-bond acceptors (Lipinski definition) is 4. The smallest absolute Gasteiger partial charge is 0.335 e. The topological polar surface area (TPSA) is 94.5 Å². The fourth-order valence-electron chi connectivity index (χ4n) is 7.18. The van der Waals surface area contributed by atoms with E-state index in [9.17, 15) is 14.7 Å². The summed E-state index contributed by atoms with van der Waals surface area (Å²) >= 11 is 7.04. The summed E-state index contributed by atoms with van der Waals surface area (Å²) in [6.07, 6.45) is 1.33. The number of aromatic carboxylic acids is 1. The zero-order chi connectivity index (χ0) is 33.1. The van der Waals surface area contributed by atoms with Crippen molar-refractivity contribution in [2.45, 2.75) is 39.7 Å². The molecule has 1 aliphatic heterocycles. The molecule has 3 aromatic carbocycles. The molecule has 0 aliphatic carbocycles. The van der Waals surface area contributed by atoms with Gasteiger partial charge in [-0.05, 0) is 81.6 Å². The van der Waals surface area contributed by atoms with E-state index in [-0.39, 0.29) is 17.5 Å². The van der Waals surface area contributed by atoms with E-state index in [0.717, 1.165) is 55.6 Å². The number of carbonyl (C=O) groups excluding carboxylic acids is 1. The molecule has 7 rings (SSSR count). The number of hydrogen-bond donors (Lipinski definition) is 1. The van der Waals surface area contributed by atoms with Gasteiger partial charge in [0.05, 0.1) is 28.4 Å². The first-order valence-corrected chi connectivity index (χ1v) is 16.1. The Balaban J connectivity index is 1.39. The molecule has 0 radical (unpaired) electrons. The third-order valence-corrected chi connectivity index (χ3v) is 9.75. The van der Waals surface area contributed by atoms with Crippen molar-refractivity contribution in [2.24, 2.45) is 14.1 Å². The molecule has 10 heteroatoms. The van der Waals surface area contributed by atoms with Gasteiger partial charge in [-0.3, -0.25) is 14.4 Å². The number of para-hydroxylation sites is 1. The van der Waals surface area contributed by atoms with E-state index < -0.39 is 5.97 Å². The quantitative estimate of drug-likeness (QED) is 0.170. The van der Waals surface area contributed by atoms with Crippen LogP contribution in [0.5, 0.6) is 5.75 Å². The third-order valence-electron chi connectivity index (χ3n) is 9.44. The Morgan fingerprint density at radius 1 is 1.04 bits per heavy atom. The average Bonchev–Trinajstić information content (AvgIpc) is 3.65. The van der Waals surface area contributed by atoms with Crippen molar-refractivity contribution >= 4 is 51.1 Å². The van der Waals surface area contributed by atoms with E-state index in [0.29, 0.717) is 42.5 Å². The van der Waals surface area contributed by atoms with E-state index in [1.54, 1.807) is 18.2 Å². The maximum Gasteiger partial charge on any atom is 0.335 e. The van der Waals surface area contributed by atoms with Gasteiger partial charge >= 0.3 is 5.97 Å². The number of carboxylic acid groups (broad SMARTS) is 1. The van der Waals surface area contributed by atoms with Crippen molar-refractivity contribution in [3.05, 3.63) is 100.0 Å². The normalized spacial score (nSPS) is 14.7. The van der Waals surface area contributed by atoms with Gasteiger partial charge in [0.25, 0.3) is 5.91 Å². The molecule has 240 valence electrons. The van der Waals surface area contributed by atoms with Crippen molar-refractivity contribution in [1.82, 2.24) is 18.9 Å². The van der Waals surface area contributed by atoms with Gasteiger partial charge in [-0.15, -0.1) is 0 Å². The van der Waals surface area contributed by atoms with Gasteiger partial charge in [-0.25, -0.2) is 4.79 Å². The lowest BCUT2D eigenvalue weighted by Crippen LogP contribution is -2.43. The van der Waals surface area contributed by atoms with E-state index in [1.165, 1.54) is 0 Å². The third kappa shape index (κ3) is 4.97. The summed E-state index contributed by atoms with van der Waals surface area (Å²) in [5.74, 6) is 0.431. The number of ether oxygens (including phenoxy) is 1. The first-order valence-electron chi connectivity index (χ1n) is 15.7. The maximum absolute atomic E-state index is 14.8. The number of anilines is 1. The zero-order valence-corrected chi connectivity index (χ0v) is 27.8. The largest absolute Gasteiger partial charge is 0.494 e. The molecule has 1 amide bonds. The SMILES string of the molecule is Cc1nn(C)c(C)c1-c1c(Cl)ccc2c(CCCOc3ccccc3)c3n(c12)[C@H](C)CN(c1cc2cc(C(=O)O)ccc2n1C)C3=O. The number of carbonyl (C=O) groups is 2. The predicted octanol–water partition coefficient (Wildman–Crippen LogP) is 7.73. The molecule has 4 heterocycles. The molecule has 6 aromatic rings. The molecule has 0 fully saturated rings. The Kier molecular flexibility index (Phi) is 7.59. The average molecular weight is 650 g/mol. The Bertz CT molecular complexity index is 2210. The minimum atomic E-state index is -0.987. The van der Waals surface area contributed by atoms with Crippen LogP contribution in [0.3, 0.4) is 0 Å². The highest BCUT2D eigenvalue weighted by Gasteiger charge is 2.37. The van der Waals surface area contributed by atoms with E-state index in [2.05, 4.69) is 11.5 Å². The molecule has 1 N–H and O–H groups in total. The fourth-order valence-corrected chi connectivity index (χ4v) is 7.43. The molecule has 47 heavy (non-hydrogen) atoms. The second-order valence-electron chi connectivity index (χ2n) is 12.4. The van der Waals surface area contributed by atoms with E-state index in [4.69, 9.17) is 21.4 Å². The minimum Gasteiger partial charge on any atom is -0.494 e. The number of amides is 1. The number of halogens is 1. The van der Waals surface area contributed by atoms with Crippen LogP contribution < -0.4 is 9.64 Å². The molecule has 3 aromatic heterocycles. The van der Waals surface area contributed by atoms with Crippen LogP contribution >= 0.6 is 11.6 Å². The molecular formula is C37H36ClN5O4. The predicted molar refractivity (Wildman–Crippen MR) is 185 cm³/mol. The Morgan fingerprint density at radius 3 is 2.51 bits per heavy atom. The summed E-state index contributed by atoms with van der Waals surface area (Å²) in [7, 11) is 3.84. The maximum atomic E-state index is 14.8. The van der Waals surface area contributed by atoms with Crippen LogP contribution in [0.25, 0.3) is 32.9 Å². The van der Waals surface area contributed by atoms with Crippen molar-refractivity contribution in [3.8, 4) is 16.9 Å². The molecule has 0 saturated heterocycles. The number of nitrogens with zero attached hydrogens (tertiary/aromatic N) is 5. The van der Waals surface area contributed by atoms with Gasteiger partial charge in [-0.1, -0.05) is 35.9 Å². The Morgan fingerprint density at radius 2 is 1.81 bits per heavy atom. The van der Waals surface area contributed by atoms with E-state index >= 15 is 0 Å². The van der Waals surface area contributed by atoms with Crippen LogP contribution in [0.2, 0.25) is 5.02 Å². The zero-order valence-electron chi connectivity index (χ0n) is 27.0. The summed E-state index contributed by atoms with van der Waals surface area (Å²) in [5, 5.41) is 16.6. The first-order chi connectivity index (χ1) is 22.6. The van der Waals surface area contributed by atoms with E-state index in [1.807, 2.05) is 90.6 Å². The lowest BCUT2D eigenvalue weighted by Gasteiger charge is -2.34. The van der Waals surface area contributed by atoms with Gasteiger partial charge in [0, 0.05) is 59.8 Å². The highest BCUT2D eigenvalue weighted by molar-refractivity contribution is 6.35. The number of fused-ring (bicyclic) bond motifs is 4. The molecule has 0 saturated carbocycles. The number of aryl methyl sites for hydroxylation is 4. The first kappa shape index (κ1) is 30.6. The molecular weight excluding hydrogens is 614 g/mol. The summed E-state index contributed by atoms with van der Waals surface area (Å²) in [4.78, 5) is 28.3. The van der Waals surface area contributed by atoms with Crippen LogP contribution in [-0.2, 0) is 20.5 Å². The number of benzene rings is 3. The fraction of sp³-hybridized carbons (Fsp3) is 0.270. The Labute approximate surface area is 277 Å². The van der Waals surface area contributed by atoms with Crippen LogP contribution in [0.4, 0.5) is 5.82 Å². The van der Waals surface area contributed by atoms with Crippen molar-refractivity contribution in [3.63, 3.8) is 0 Å². The van der Waals surface area contributed by atoms with Gasteiger partial charge in [0.2, 0.25) is 0 Å². The van der Waals surface area contributed by atoms with Gasteiger partial charge < -0.3 is 19.0 Å². The van der Waals surface area contributed by atoms with Crippen LogP contribution in [0.15, 0.2) is 66.7 Å². The number of rotatable bonds is 8. The highest BCUT2D eigenvalue weighted by Crippen LogP contribution is 2.45. The molecule has 1 aliphatic rings. The standard InChI is InChI=1S/C37H36ClN5O4/c1-21-20-42(31-19-25-18-24(37(45)46)13-16-30(25)40(31)4)36(44)35-27(12-9-17-47-26-10-7-6-8-11-26)28-14-15-29(38)33(34(28)43(21)35)32-22(2)39-41(5)23(32)3/h6-8,10-11,13-16,18-19,21H,9,12,17,20H2,1-5H3,(H,45,46)/t21-/m1/s1. The van der Waals surface area contributed by atoms with Crippen LogP contribution in [0.1, 0.15) is 57.2 Å². The second kappa shape index (κ2) is 11.7. The Hall–Kier alpha value is -5.02. The van der Waals surface area contributed by atoms with Crippen LogP contribution in [0, 0.1) is 13.8 Å². The van der Waals surface area contributed by atoms with Crippen molar-refractivity contribution < 1.29 is 19.4 Å². The summed E-state index contributed by atoms with van der Waals surface area (Å²) < 4.78 is 12.1. The molecule has 0 unspecified atom stereocenters. The minimum absolute atomic E-state index is 0.0957. The lowest BCUT2D eigenvalue weighted by molar-refractivity contribution is 0.0696. The van der Waals surface area contributed by atoms with Gasteiger partial charge in [0.1, 0.15) is 17.3 Å². The molecule has 0 spiro atoms. The molecule has 9 nitrogen and oxygen atoms in total. The molecule has 0 bridgehead atoms. The van der Waals surface area contributed by atoms with Crippen molar-refractivity contribution in [1.29, 1.82) is 0 Å². The van der Waals surface area contributed by atoms with Gasteiger partial charge in [-0.2, -0.15) is 5.10 Å². The lowest BCUT2D eigenvalue weighted by atomic mass is 9.98. The summed E-state index contributed by atoms with van der Waals surface area (Å²) in [5.41, 5.74) is 7.34. The number of aromatic nitrogens is 4. The summed E-state index contributed by atoms with van der Waals surface area (Å²) in [6, 6.07) is 20.6. The van der Waals surface area contributed by atoms with Crippen molar-refractivity contribution in [2.75, 3.05) is 18.1 Å². The number of carboxylic acids is 1. The monoisotopic (exact) mass is 649 g/mol.